The monoisotopic (exact) mass is 279 g/mol. The van der Waals surface area contributed by atoms with Crippen LogP contribution < -0.4 is 11.1 Å². The van der Waals surface area contributed by atoms with Crippen molar-refractivity contribution in [3.63, 3.8) is 0 Å². The van der Waals surface area contributed by atoms with E-state index in [9.17, 15) is 9.18 Å². The molecule has 3 N–H and O–H groups in total. The van der Waals surface area contributed by atoms with E-state index >= 15 is 0 Å². The van der Waals surface area contributed by atoms with E-state index in [1.54, 1.807) is 25.1 Å². The molecule has 0 radical (unpaired) electrons. The molecule has 4 nitrogen and oxygen atoms in total. The molecule has 1 heterocycles. The van der Waals surface area contributed by atoms with Gasteiger partial charge < -0.3 is 11.1 Å². The van der Waals surface area contributed by atoms with Crippen LogP contribution in [0, 0.1) is 12.7 Å². The van der Waals surface area contributed by atoms with E-state index in [1.807, 2.05) is 0 Å². The number of nitrogen functional groups attached to an aromatic ring is 1. The number of anilines is 2. The van der Waals surface area contributed by atoms with Crippen molar-refractivity contribution in [1.29, 1.82) is 0 Å². The van der Waals surface area contributed by atoms with Crippen LogP contribution in [0.4, 0.5) is 15.9 Å². The number of nitrogens with two attached hydrogens (primary N) is 1. The van der Waals surface area contributed by atoms with Gasteiger partial charge in [-0.2, -0.15) is 0 Å². The Morgan fingerprint density at radius 2 is 2.16 bits per heavy atom. The molecule has 0 fully saturated rings. The molecule has 0 spiro atoms. The zero-order valence-corrected chi connectivity index (χ0v) is 10.8. The molecule has 98 valence electrons. The average Bonchev–Trinajstić information content (AvgIpc) is 2.37. The van der Waals surface area contributed by atoms with E-state index in [4.69, 9.17) is 17.3 Å². The molecule has 19 heavy (non-hydrogen) atoms. The Kier molecular flexibility index (Phi) is 3.66. The van der Waals surface area contributed by atoms with Gasteiger partial charge in [-0.05, 0) is 24.6 Å². The van der Waals surface area contributed by atoms with Crippen LogP contribution in [0.5, 0.6) is 0 Å². The maximum atomic E-state index is 13.7. The summed E-state index contributed by atoms with van der Waals surface area (Å²) in [5.41, 5.74) is 6.37. The van der Waals surface area contributed by atoms with Crippen molar-refractivity contribution in [2.24, 2.45) is 0 Å². The fourth-order valence-electron chi connectivity index (χ4n) is 1.61. The Morgan fingerprint density at radius 3 is 2.84 bits per heavy atom. The van der Waals surface area contributed by atoms with Crippen LogP contribution in [0.2, 0.25) is 5.02 Å². The van der Waals surface area contributed by atoms with E-state index in [2.05, 4.69) is 10.3 Å². The number of hydrogen-bond donors (Lipinski definition) is 2. The maximum Gasteiger partial charge on any atom is 0.258 e. The Balaban J connectivity index is 2.34. The van der Waals surface area contributed by atoms with E-state index in [1.165, 1.54) is 12.3 Å². The molecule has 1 aromatic heterocycles. The molecule has 1 amide bonds. The first kappa shape index (κ1) is 13.3. The largest absolute Gasteiger partial charge is 0.381 e. The number of aromatic nitrogens is 1. The SMILES string of the molecule is Cc1cccc(Cl)c1NC(=O)c1ccnc(N)c1F. The quantitative estimate of drug-likeness (QED) is 0.888. The summed E-state index contributed by atoms with van der Waals surface area (Å²) in [6.07, 6.45) is 1.27. The third-order valence-electron chi connectivity index (χ3n) is 2.62. The second kappa shape index (κ2) is 5.24. The Morgan fingerprint density at radius 1 is 1.42 bits per heavy atom. The summed E-state index contributed by atoms with van der Waals surface area (Å²) in [5, 5.41) is 2.95. The van der Waals surface area contributed by atoms with Crippen molar-refractivity contribution in [2.75, 3.05) is 11.1 Å². The Hall–Kier alpha value is -2.14. The third-order valence-corrected chi connectivity index (χ3v) is 2.94. The number of nitrogens with one attached hydrogen (secondary N) is 1. The second-order valence-corrected chi connectivity index (χ2v) is 4.35. The number of nitrogens with zero attached hydrogens (tertiary/aromatic N) is 1. The Bertz CT molecular complexity index is 626. The van der Waals surface area contributed by atoms with Crippen molar-refractivity contribution in [3.05, 3.63) is 52.4 Å². The van der Waals surface area contributed by atoms with Gasteiger partial charge in [0.1, 0.15) is 0 Å². The van der Waals surface area contributed by atoms with Gasteiger partial charge in [-0.1, -0.05) is 23.7 Å². The summed E-state index contributed by atoms with van der Waals surface area (Å²) in [5.74, 6) is -1.78. The van der Waals surface area contributed by atoms with Crippen molar-refractivity contribution < 1.29 is 9.18 Å². The lowest BCUT2D eigenvalue weighted by Gasteiger charge is -2.10. The topological polar surface area (TPSA) is 68.0 Å². The van der Waals surface area contributed by atoms with Gasteiger partial charge in [0.05, 0.1) is 16.3 Å². The summed E-state index contributed by atoms with van der Waals surface area (Å²) in [6.45, 7) is 1.79. The summed E-state index contributed by atoms with van der Waals surface area (Å²) in [7, 11) is 0. The first-order valence-electron chi connectivity index (χ1n) is 5.47. The minimum Gasteiger partial charge on any atom is -0.381 e. The van der Waals surface area contributed by atoms with Gasteiger partial charge in [0.2, 0.25) is 0 Å². The van der Waals surface area contributed by atoms with Crippen LogP contribution in [0.3, 0.4) is 0 Å². The number of aryl methyl sites for hydroxylation is 1. The number of benzene rings is 1. The van der Waals surface area contributed by atoms with Crippen molar-refractivity contribution in [2.45, 2.75) is 6.92 Å². The summed E-state index contributed by atoms with van der Waals surface area (Å²) < 4.78 is 13.7. The Labute approximate surface area is 114 Å². The maximum absolute atomic E-state index is 13.7. The molecule has 6 heteroatoms. The lowest BCUT2D eigenvalue weighted by molar-refractivity contribution is 0.102. The highest BCUT2D eigenvalue weighted by molar-refractivity contribution is 6.34. The molecule has 0 bridgehead atoms. The van der Waals surface area contributed by atoms with Gasteiger partial charge in [-0.25, -0.2) is 9.37 Å². The molecule has 0 aliphatic carbocycles. The normalized spacial score (nSPS) is 10.3. The summed E-state index contributed by atoms with van der Waals surface area (Å²) in [6, 6.07) is 6.45. The van der Waals surface area contributed by atoms with Crippen molar-refractivity contribution >= 4 is 29.0 Å². The smallest absolute Gasteiger partial charge is 0.258 e. The standard InChI is InChI=1S/C13H11ClFN3O/c1-7-3-2-4-9(14)11(7)18-13(19)8-5-6-17-12(16)10(8)15/h2-6H,1H3,(H2,16,17)(H,18,19). The van der Waals surface area contributed by atoms with Crippen LogP contribution in [-0.2, 0) is 0 Å². The van der Waals surface area contributed by atoms with Crippen LogP contribution >= 0.6 is 11.6 Å². The number of carbonyl (C=O) groups excluding carboxylic acids is 1. The zero-order chi connectivity index (χ0) is 14.0. The molecule has 0 aliphatic rings. The van der Waals surface area contributed by atoms with E-state index in [-0.39, 0.29) is 11.4 Å². The fraction of sp³-hybridized carbons (Fsp3) is 0.0769. The summed E-state index contributed by atoms with van der Waals surface area (Å²) >= 11 is 5.99. The lowest BCUT2D eigenvalue weighted by atomic mass is 10.1. The summed E-state index contributed by atoms with van der Waals surface area (Å²) in [4.78, 5) is 15.6. The van der Waals surface area contributed by atoms with Gasteiger partial charge in [0, 0.05) is 6.20 Å². The fourth-order valence-corrected chi connectivity index (χ4v) is 1.88. The molecule has 0 saturated carbocycles. The van der Waals surface area contributed by atoms with E-state index < -0.39 is 11.7 Å². The number of amides is 1. The first-order chi connectivity index (χ1) is 9.00. The van der Waals surface area contributed by atoms with Crippen molar-refractivity contribution in [1.82, 2.24) is 4.98 Å². The minimum absolute atomic E-state index is 0.174. The highest BCUT2D eigenvalue weighted by Crippen LogP contribution is 2.26. The van der Waals surface area contributed by atoms with E-state index in [0.29, 0.717) is 10.7 Å². The van der Waals surface area contributed by atoms with Crippen LogP contribution in [0.1, 0.15) is 15.9 Å². The number of carbonyl (C=O) groups is 1. The molecule has 0 aliphatic heterocycles. The first-order valence-corrected chi connectivity index (χ1v) is 5.85. The number of halogens is 2. The average molecular weight is 280 g/mol. The van der Waals surface area contributed by atoms with Gasteiger partial charge in [0.25, 0.3) is 5.91 Å². The molecular weight excluding hydrogens is 269 g/mol. The highest BCUT2D eigenvalue weighted by atomic mass is 35.5. The molecule has 0 saturated heterocycles. The number of rotatable bonds is 2. The molecule has 1 aromatic carbocycles. The van der Waals surface area contributed by atoms with Gasteiger partial charge >= 0.3 is 0 Å². The molecular formula is C13H11ClFN3O. The van der Waals surface area contributed by atoms with Crippen LogP contribution in [0.15, 0.2) is 30.5 Å². The molecule has 2 rings (SSSR count). The predicted molar refractivity (Wildman–Crippen MR) is 72.7 cm³/mol. The minimum atomic E-state index is -0.843. The second-order valence-electron chi connectivity index (χ2n) is 3.94. The third kappa shape index (κ3) is 2.66. The number of pyridine rings is 1. The number of para-hydroxylation sites is 1. The number of hydrogen-bond acceptors (Lipinski definition) is 3. The van der Waals surface area contributed by atoms with E-state index in [0.717, 1.165) is 5.56 Å². The van der Waals surface area contributed by atoms with Crippen LogP contribution in [0.25, 0.3) is 0 Å². The molecule has 2 aromatic rings. The molecule has 0 atom stereocenters. The predicted octanol–water partition coefficient (Wildman–Crippen LogP) is 3.02. The van der Waals surface area contributed by atoms with Crippen molar-refractivity contribution in [3.8, 4) is 0 Å². The van der Waals surface area contributed by atoms with Gasteiger partial charge in [0.15, 0.2) is 11.6 Å². The molecule has 0 unspecified atom stereocenters. The highest BCUT2D eigenvalue weighted by Gasteiger charge is 2.16. The van der Waals surface area contributed by atoms with Gasteiger partial charge in [-0.3, -0.25) is 4.79 Å². The lowest BCUT2D eigenvalue weighted by Crippen LogP contribution is -2.16. The zero-order valence-electron chi connectivity index (χ0n) is 10.1. The van der Waals surface area contributed by atoms with Gasteiger partial charge in [-0.15, -0.1) is 0 Å². The van der Waals surface area contributed by atoms with Crippen LogP contribution in [-0.4, -0.2) is 10.9 Å².